The van der Waals surface area contributed by atoms with Crippen LogP contribution >= 0.6 is 23.7 Å². The number of nitrogens with zero attached hydrogens (tertiary/aromatic N) is 1. The lowest BCUT2D eigenvalue weighted by molar-refractivity contribution is -0.133. The van der Waals surface area contributed by atoms with Crippen LogP contribution in [0.1, 0.15) is 23.2 Å². The van der Waals surface area contributed by atoms with Crippen molar-refractivity contribution in [2.45, 2.75) is 26.3 Å². The van der Waals surface area contributed by atoms with Gasteiger partial charge in [-0.25, -0.2) is 4.98 Å². The number of ether oxygens (including phenoxy) is 1. The Hall–Kier alpha value is -0.690. The van der Waals surface area contributed by atoms with Crippen LogP contribution in [0.25, 0.3) is 0 Å². The van der Waals surface area contributed by atoms with Crippen LogP contribution in [0.5, 0.6) is 0 Å². The molecule has 1 aliphatic rings. The van der Waals surface area contributed by atoms with Gasteiger partial charge in [-0.3, -0.25) is 4.79 Å². The first-order chi connectivity index (χ1) is 9.20. The number of hydrogen-bond acceptors (Lipinski definition) is 5. The number of rotatable bonds is 6. The predicted octanol–water partition coefficient (Wildman–Crippen LogP) is 1.37. The fourth-order valence-electron chi connectivity index (χ4n) is 2.34. The van der Waals surface area contributed by atoms with Crippen molar-refractivity contribution in [2.24, 2.45) is 5.41 Å². The van der Waals surface area contributed by atoms with Crippen molar-refractivity contribution < 1.29 is 9.53 Å². The van der Waals surface area contributed by atoms with Crippen molar-refractivity contribution in [1.29, 1.82) is 0 Å². The van der Waals surface area contributed by atoms with Gasteiger partial charge in [0, 0.05) is 24.7 Å². The molecule has 1 aromatic heterocycles. The molecule has 1 saturated heterocycles. The van der Waals surface area contributed by atoms with Gasteiger partial charge in [0.1, 0.15) is 5.01 Å². The van der Waals surface area contributed by atoms with Gasteiger partial charge in [0.05, 0.1) is 18.6 Å². The van der Waals surface area contributed by atoms with Crippen molar-refractivity contribution in [3.05, 3.63) is 16.1 Å². The maximum absolute atomic E-state index is 12.4. The van der Waals surface area contributed by atoms with Crippen molar-refractivity contribution in [3.63, 3.8) is 0 Å². The summed E-state index contributed by atoms with van der Waals surface area (Å²) in [6.07, 6.45) is 3.70. The molecule has 0 spiro atoms. The van der Waals surface area contributed by atoms with Crippen LogP contribution in [0.4, 0.5) is 0 Å². The normalized spacial score (nSPS) is 21.5. The molecular formula is C13H22ClN3O2S. The first-order valence-corrected chi connectivity index (χ1v) is 7.43. The van der Waals surface area contributed by atoms with Crippen molar-refractivity contribution >= 4 is 29.7 Å². The van der Waals surface area contributed by atoms with Crippen LogP contribution in [0.2, 0.25) is 0 Å². The number of hydrogen-bond donors (Lipinski definition) is 2. The second-order valence-electron chi connectivity index (χ2n) is 4.90. The number of carbonyl (C=O) groups is 1. The fraction of sp³-hybridized carbons (Fsp3) is 0.692. The van der Waals surface area contributed by atoms with Crippen LogP contribution in [0.3, 0.4) is 0 Å². The van der Waals surface area contributed by atoms with E-state index in [0.717, 1.165) is 24.4 Å². The number of nitrogens with one attached hydrogen (secondary N) is 2. The molecule has 2 rings (SSSR count). The van der Waals surface area contributed by atoms with Crippen molar-refractivity contribution in [2.75, 3.05) is 26.8 Å². The fourth-order valence-corrected chi connectivity index (χ4v) is 3.14. The Bertz CT molecular complexity index is 433. The minimum absolute atomic E-state index is 0. The largest absolute Gasteiger partial charge is 0.384 e. The van der Waals surface area contributed by atoms with E-state index < -0.39 is 5.41 Å². The molecule has 2 heterocycles. The van der Waals surface area contributed by atoms with Gasteiger partial charge in [0.15, 0.2) is 0 Å². The second-order valence-corrected chi connectivity index (χ2v) is 6.10. The van der Waals surface area contributed by atoms with Crippen molar-refractivity contribution in [3.8, 4) is 0 Å². The Morgan fingerprint density at radius 3 is 3.00 bits per heavy atom. The van der Waals surface area contributed by atoms with E-state index in [9.17, 15) is 4.79 Å². The Kier molecular flexibility index (Phi) is 6.88. The monoisotopic (exact) mass is 319 g/mol. The summed E-state index contributed by atoms with van der Waals surface area (Å²) in [5.74, 6) is 0.0626. The summed E-state index contributed by atoms with van der Waals surface area (Å²) in [5, 5.41) is 7.19. The molecular weight excluding hydrogens is 298 g/mol. The molecule has 1 atom stereocenters. The number of thiazole rings is 1. The number of carbonyl (C=O) groups excluding carboxylic acids is 1. The zero-order valence-corrected chi connectivity index (χ0v) is 13.5. The van der Waals surface area contributed by atoms with Gasteiger partial charge in [-0.15, -0.1) is 23.7 Å². The summed E-state index contributed by atoms with van der Waals surface area (Å²) in [5.41, 5.74) is -0.417. The number of aryl methyl sites for hydroxylation is 1. The molecule has 0 bridgehead atoms. The van der Waals surface area contributed by atoms with E-state index >= 15 is 0 Å². The number of aromatic nitrogens is 1. The van der Waals surface area contributed by atoms with E-state index in [1.165, 1.54) is 4.88 Å². The average molecular weight is 320 g/mol. The van der Waals surface area contributed by atoms with Gasteiger partial charge in [-0.05, 0) is 19.4 Å². The van der Waals surface area contributed by atoms with Gasteiger partial charge in [0.25, 0.3) is 0 Å². The summed E-state index contributed by atoms with van der Waals surface area (Å²) in [7, 11) is 1.64. The molecule has 0 aromatic carbocycles. The minimum Gasteiger partial charge on any atom is -0.384 e. The first kappa shape index (κ1) is 17.4. The van der Waals surface area contributed by atoms with E-state index in [2.05, 4.69) is 22.5 Å². The lowest BCUT2D eigenvalue weighted by atomic mass is 9.87. The van der Waals surface area contributed by atoms with Crippen LogP contribution in [-0.4, -0.2) is 37.7 Å². The Balaban J connectivity index is 0.00000200. The highest BCUT2D eigenvalue weighted by molar-refractivity contribution is 7.11. The van der Waals surface area contributed by atoms with Crippen LogP contribution < -0.4 is 10.6 Å². The molecule has 0 saturated carbocycles. The van der Waals surface area contributed by atoms with Crippen LogP contribution in [0, 0.1) is 5.41 Å². The van der Waals surface area contributed by atoms with Gasteiger partial charge in [-0.1, -0.05) is 6.92 Å². The Morgan fingerprint density at radius 2 is 2.45 bits per heavy atom. The van der Waals surface area contributed by atoms with E-state index in [1.807, 2.05) is 6.20 Å². The van der Waals surface area contributed by atoms with Gasteiger partial charge >= 0.3 is 0 Å². The molecule has 20 heavy (non-hydrogen) atoms. The molecule has 7 heteroatoms. The smallest absolute Gasteiger partial charge is 0.230 e. The summed E-state index contributed by atoms with van der Waals surface area (Å²) in [4.78, 5) is 17.9. The van der Waals surface area contributed by atoms with E-state index in [-0.39, 0.29) is 18.3 Å². The highest BCUT2D eigenvalue weighted by Crippen LogP contribution is 2.26. The number of halogens is 1. The molecule has 1 unspecified atom stereocenters. The second kappa shape index (κ2) is 7.93. The highest BCUT2D eigenvalue weighted by Gasteiger charge is 2.41. The van der Waals surface area contributed by atoms with E-state index in [0.29, 0.717) is 19.7 Å². The zero-order valence-electron chi connectivity index (χ0n) is 11.9. The Labute approximate surface area is 129 Å². The van der Waals surface area contributed by atoms with Gasteiger partial charge in [0.2, 0.25) is 5.91 Å². The van der Waals surface area contributed by atoms with Crippen molar-refractivity contribution in [1.82, 2.24) is 15.6 Å². The minimum atomic E-state index is -0.417. The highest BCUT2D eigenvalue weighted by atomic mass is 35.5. The quantitative estimate of drug-likeness (QED) is 0.831. The summed E-state index contributed by atoms with van der Waals surface area (Å²) in [6, 6.07) is 0. The van der Waals surface area contributed by atoms with Crippen LogP contribution in [-0.2, 0) is 22.5 Å². The van der Waals surface area contributed by atoms with E-state index in [1.54, 1.807) is 18.4 Å². The van der Waals surface area contributed by atoms with E-state index in [4.69, 9.17) is 4.74 Å². The first-order valence-electron chi connectivity index (χ1n) is 6.62. The maximum Gasteiger partial charge on any atom is 0.230 e. The SMILES string of the molecule is CCc1cnc(CNC(=O)C2(COC)CCNC2)s1.Cl. The third-order valence-corrected chi connectivity index (χ3v) is 4.64. The maximum atomic E-state index is 12.4. The molecule has 1 amide bonds. The molecule has 1 aliphatic heterocycles. The standard InChI is InChI=1S/C13H21N3O2S.ClH/c1-3-10-6-15-11(19-10)7-16-12(17)13(9-18-2)4-5-14-8-13;/h6,14H,3-5,7-9H2,1-2H3,(H,16,17);1H. The number of methoxy groups -OCH3 is 1. The van der Waals surface area contributed by atoms with Gasteiger partial charge in [-0.2, -0.15) is 0 Å². The molecule has 0 radical (unpaired) electrons. The molecule has 2 N–H and O–H groups in total. The average Bonchev–Trinajstić information content (AvgIpc) is 3.05. The summed E-state index contributed by atoms with van der Waals surface area (Å²) >= 11 is 1.66. The Morgan fingerprint density at radius 1 is 1.65 bits per heavy atom. The zero-order chi connectivity index (χ0) is 13.7. The molecule has 1 fully saturated rings. The molecule has 5 nitrogen and oxygen atoms in total. The lowest BCUT2D eigenvalue weighted by Crippen LogP contribution is -2.45. The molecule has 1 aromatic rings. The van der Waals surface area contributed by atoms with Crippen LogP contribution in [0.15, 0.2) is 6.20 Å². The summed E-state index contributed by atoms with van der Waals surface area (Å²) < 4.78 is 5.21. The summed E-state index contributed by atoms with van der Waals surface area (Å²) in [6.45, 7) is 4.63. The topological polar surface area (TPSA) is 63.2 Å². The predicted molar refractivity (Wildman–Crippen MR) is 82.4 cm³/mol. The lowest BCUT2D eigenvalue weighted by Gasteiger charge is -2.25. The molecule has 0 aliphatic carbocycles. The third kappa shape index (κ3) is 3.91. The third-order valence-electron chi connectivity index (χ3n) is 3.50. The number of amides is 1. The molecule has 114 valence electrons. The van der Waals surface area contributed by atoms with Gasteiger partial charge < -0.3 is 15.4 Å².